The first-order valence-corrected chi connectivity index (χ1v) is 17.0. The number of esters is 1. The smallest absolute Gasteiger partial charge is 0.308 e. The Morgan fingerprint density at radius 1 is 1.20 bits per heavy atom. The first kappa shape index (κ1) is 29.6. The number of likely N-dealkylation sites (tertiary alicyclic amines) is 1. The molecule has 1 amide bonds. The average Bonchev–Trinajstić information content (AvgIpc) is 3.60. The molecule has 4 aliphatic rings. The molecule has 2 aliphatic carbocycles. The fourth-order valence-corrected chi connectivity index (χ4v) is 9.81. The zero-order valence-electron chi connectivity index (χ0n) is 25.3. The third-order valence-corrected chi connectivity index (χ3v) is 12.0. The molecule has 1 saturated carbocycles. The SMILES string of the molecule is COc1cc(OC(C)=O)c2c3c1O[C@H]1[C@H](N(C)C(=O)/C=C/c4cc(Br)cs4)CC[C@H]4[C@@H](C2)N(CCc2ccccc2)CC[C@@]341. The number of methoxy groups -OCH3 is 1. The molecule has 230 valence electrons. The summed E-state index contributed by atoms with van der Waals surface area (Å²) in [6, 6.07) is 14.7. The van der Waals surface area contributed by atoms with Crippen molar-refractivity contribution in [2.45, 2.75) is 62.6 Å². The summed E-state index contributed by atoms with van der Waals surface area (Å²) in [5, 5.41) is 2.01. The summed E-state index contributed by atoms with van der Waals surface area (Å²) in [5.41, 5.74) is 3.25. The van der Waals surface area contributed by atoms with Crippen LogP contribution in [0.15, 0.2) is 58.4 Å². The fourth-order valence-electron chi connectivity index (χ4n) is 8.48. The van der Waals surface area contributed by atoms with Crippen molar-refractivity contribution in [3.63, 3.8) is 0 Å². The molecule has 0 unspecified atom stereocenters. The minimum Gasteiger partial charge on any atom is -0.493 e. The van der Waals surface area contributed by atoms with Gasteiger partial charge in [0.15, 0.2) is 11.5 Å². The second-order valence-electron chi connectivity index (χ2n) is 12.4. The summed E-state index contributed by atoms with van der Waals surface area (Å²) in [6.07, 6.45) is 7.90. The van der Waals surface area contributed by atoms with E-state index in [4.69, 9.17) is 14.2 Å². The highest BCUT2D eigenvalue weighted by Crippen LogP contribution is 2.65. The van der Waals surface area contributed by atoms with Crippen molar-refractivity contribution < 1.29 is 23.8 Å². The van der Waals surface area contributed by atoms with Crippen LogP contribution in [0.2, 0.25) is 0 Å². The third kappa shape index (κ3) is 4.88. The van der Waals surface area contributed by atoms with Crippen LogP contribution in [0, 0.1) is 5.92 Å². The summed E-state index contributed by atoms with van der Waals surface area (Å²) in [5.74, 6) is 1.90. The molecule has 2 aromatic carbocycles. The van der Waals surface area contributed by atoms with Gasteiger partial charge in [0, 0.05) is 70.0 Å². The number of likely N-dealkylation sites (N-methyl/N-ethyl adjacent to an activating group) is 1. The van der Waals surface area contributed by atoms with Crippen LogP contribution in [0.3, 0.4) is 0 Å². The van der Waals surface area contributed by atoms with Gasteiger partial charge in [0.25, 0.3) is 0 Å². The van der Waals surface area contributed by atoms with Crippen molar-refractivity contribution in [3.8, 4) is 17.2 Å². The van der Waals surface area contributed by atoms with Crippen LogP contribution in [-0.2, 0) is 27.8 Å². The molecule has 5 atom stereocenters. The quantitative estimate of drug-likeness (QED) is 0.159. The standard InChI is InChI=1S/C35H37BrN2O5S/c1-21(39)42-29-19-30(41-3)33-32-25(29)18-28-26-10-11-27(37(2)31(40)12-9-24-17-23(36)20-44-24)34(43-33)35(26,32)14-16-38(28)15-13-22-7-5-4-6-8-22/h4-9,12,17,19-20,26-28,34H,10-11,13-16,18H2,1-3H3/b12-9+/t26-,27+,28+,34-,35-/m0/s1. The largest absolute Gasteiger partial charge is 0.493 e. The van der Waals surface area contributed by atoms with Gasteiger partial charge in [0.2, 0.25) is 5.91 Å². The molecule has 9 heteroatoms. The lowest BCUT2D eigenvalue weighted by molar-refractivity contribution is -0.135. The van der Waals surface area contributed by atoms with Crippen LogP contribution in [0.1, 0.15) is 47.8 Å². The van der Waals surface area contributed by atoms with Crippen molar-refractivity contribution >= 4 is 45.2 Å². The van der Waals surface area contributed by atoms with E-state index in [2.05, 4.69) is 51.2 Å². The maximum absolute atomic E-state index is 13.6. The molecule has 2 fully saturated rings. The van der Waals surface area contributed by atoms with Crippen LogP contribution in [0.5, 0.6) is 17.2 Å². The lowest BCUT2D eigenvalue weighted by Gasteiger charge is -2.60. The molecule has 1 spiro atoms. The van der Waals surface area contributed by atoms with Gasteiger partial charge in [-0.15, -0.1) is 11.3 Å². The zero-order valence-corrected chi connectivity index (χ0v) is 27.7. The Labute approximate surface area is 270 Å². The average molecular weight is 678 g/mol. The van der Waals surface area contributed by atoms with E-state index in [0.29, 0.717) is 23.5 Å². The van der Waals surface area contributed by atoms with E-state index in [0.717, 1.165) is 71.4 Å². The number of thiophene rings is 1. The minimum atomic E-state index is -0.346. The van der Waals surface area contributed by atoms with Gasteiger partial charge in [-0.25, -0.2) is 0 Å². The number of piperidine rings is 1. The highest BCUT2D eigenvalue weighted by molar-refractivity contribution is 9.10. The van der Waals surface area contributed by atoms with Crippen LogP contribution >= 0.6 is 27.3 Å². The number of amides is 1. The van der Waals surface area contributed by atoms with Gasteiger partial charge in [-0.1, -0.05) is 30.3 Å². The van der Waals surface area contributed by atoms with Gasteiger partial charge in [-0.2, -0.15) is 0 Å². The summed E-state index contributed by atoms with van der Waals surface area (Å²) < 4.78 is 19.7. The lowest BCUT2D eigenvalue weighted by Crippen LogP contribution is -2.69. The Balaban J connectivity index is 1.26. The number of halogens is 1. The van der Waals surface area contributed by atoms with Crippen LogP contribution in [0.25, 0.3) is 6.08 Å². The molecular weight excluding hydrogens is 640 g/mol. The number of nitrogens with zero attached hydrogens (tertiary/aromatic N) is 2. The van der Waals surface area contributed by atoms with E-state index in [1.54, 1.807) is 24.5 Å². The molecule has 0 radical (unpaired) electrons. The highest BCUT2D eigenvalue weighted by atomic mass is 79.9. The van der Waals surface area contributed by atoms with E-state index in [1.807, 2.05) is 35.5 Å². The molecule has 3 heterocycles. The summed E-state index contributed by atoms with van der Waals surface area (Å²) in [4.78, 5) is 31.4. The maximum atomic E-state index is 13.6. The van der Waals surface area contributed by atoms with Crippen molar-refractivity contribution in [3.05, 3.63) is 80.0 Å². The predicted molar refractivity (Wildman–Crippen MR) is 175 cm³/mol. The van der Waals surface area contributed by atoms with Gasteiger partial charge in [0.05, 0.1) is 13.2 Å². The Morgan fingerprint density at radius 2 is 2.02 bits per heavy atom. The number of benzene rings is 2. The lowest BCUT2D eigenvalue weighted by atomic mass is 9.50. The van der Waals surface area contributed by atoms with Crippen LogP contribution in [0.4, 0.5) is 0 Å². The third-order valence-electron chi connectivity index (χ3n) is 10.3. The van der Waals surface area contributed by atoms with Crippen molar-refractivity contribution in [2.24, 2.45) is 5.92 Å². The van der Waals surface area contributed by atoms with Crippen molar-refractivity contribution in [2.75, 3.05) is 27.2 Å². The molecule has 2 bridgehead atoms. The van der Waals surface area contributed by atoms with Crippen molar-refractivity contribution in [1.82, 2.24) is 9.80 Å². The van der Waals surface area contributed by atoms with Crippen LogP contribution in [-0.4, -0.2) is 67.1 Å². The molecule has 1 aromatic heterocycles. The number of carbonyl (C=O) groups is 2. The molecule has 0 N–H and O–H groups in total. The highest BCUT2D eigenvalue weighted by Gasteiger charge is 2.67. The first-order chi connectivity index (χ1) is 21.3. The molecule has 44 heavy (non-hydrogen) atoms. The maximum Gasteiger partial charge on any atom is 0.308 e. The fraction of sp³-hybridized carbons (Fsp3) is 0.429. The number of ether oxygens (including phenoxy) is 3. The summed E-state index contributed by atoms with van der Waals surface area (Å²) >= 11 is 5.09. The number of rotatable bonds is 8. The molecule has 3 aromatic rings. The molecular formula is C35H37BrN2O5S. The Hall–Kier alpha value is -3.14. The normalized spacial score (nSPS) is 26.6. The van der Waals surface area contributed by atoms with Gasteiger partial charge in [-0.3, -0.25) is 14.5 Å². The zero-order chi connectivity index (χ0) is 30.6. The van der Waals surface area contributed by atoms with E-state index < -0.39 is 0 Å². The summed E-state index contributed by atoms with van der Waals surface area (Å²) in [6.45, 7) is 3.37. The summed E-state index contributed by atoms with van der Waals surface area (Å²) in [7, 11) is 3.54. The van der Waals surface area contributed by atoms with E-state index in [1.165, 1.54) is 12.5 Å². The number of hydrogen-bond donors (Lipinski definition) is 0. The monoisotopic (exact) mass is 676 g/mol. The Kier molecular flexibility index (Phi) is 7.83. The van der Waals surface area contributed by atoms with E-state index >= 15 is 0 Å². The Morgan fingerprint density at radius 3 is 2.75 bits per heavy atom. The van der Waals surface area contributed by atoms with Gasteiger partial charge in [-0.05, 0) is 78.2 Å². The Bertz CT molecular complexity index is 1620. The number of carbonyl (C=O) groups excluding carboxylic acids is 2. The molecule has 1 saturated heterocycles. The second-order valence-corrected chi connectivity index (χ2v) is 14.3. The predicted octanol–water partition coefficient (Wildman–Crippen LogP) is 6.27. The minimum absolute atomic E-state index is 0.0330. The van der Waals surface area contributed by atoms with Gasteiger partial charge < -0.3 is 19.1 Å². The van der Waals surface area contributed by atoms with Gasteiger partial charge >= 0.3 is 5.97 Å². The van der Waals surface area contributed by atoms with E-state index in [-0.39, 0.29) is 29.4 Å². The second kappa shape index (κ2) is 11.7. The molecule has 2 aliphatic heterocycles. The van der Waals surface area contributed by atoms with Crippen molar-refractivity contribution in [1.29, 1.82) is 0 Å². The van der Waals surface area contributed by atoms with E-state index in [9.17, 15) is 9.59 Å². The topological polar surface area (TPSA) is 68.3 Å². The number of hydrogen-bond acceptors (Lipinski definition) is 7. The molecule has 7 rings (SSSR count). The van der Waals surface area contributed by atoms with Gasteiger partial charge in [0.1, 0.15) is 11.9 Å². The first-order valence-electron chi connectivity index (χ1n) is 15.4. The molecule has 7 nitrogen and oxygen atoms in total. The van der Waals surface area contributed by atoms with Crippen LogP contribution < -0.4 is 14.2 Å².